The Morgan fingerprint density at radius 3 is 2.67 bits per heavy atom. The Morgan fingerprint density at radius 2 is 2.00 bits per heavy atom. The number of nitrogens with two attached hydrogens (primary N) is 1. The minimum atomic E-state index is -0.473. The van der Waals surface area contributed by atoms with E-state index in [9.17, 15) is 5.11 Å². The molecular formula is C12H23NO2. The molecule has 1 saturated carbocycles. The molecule has 0 bridgehead atoms. The molecule has 1 saturated heterocycles. The zero-order valence-electron chi connectivity index (χ0n) is 9.45. The van der Waals surface area contributed by atoms with Gasteiger partial charge in [-0.05, 0) is 50.9 Å². The van der Waals surface area contributed by atoms with Gasteiger partial charge in [0.25, 0.3) is 0 Å². The van der Waals surface area contributed by atoms with E-state index >= 15 is 0 Å². The molecule has 0 aromatic carbocycles. The second-order valence-corrected chi connectivity index (χ2v) is 5.34. The molecule has 2 aliphatic rings. The third-order valence-corrected chi connectivity index (χ3v) is 3.87. The molecule has 1 aliphatic heterocycles. The van der Waals surface area contributed by atoms with Crippen LogP contribution in [0.4, 0.5) is 0 Å². The number of ether oxygens (including phenoxy) is 1. The van der Waals surface area contributed by atoms with Crippen molar-refractivity contribution in [2.45, 2.75) is 56.6 Å². The van der Waals surface area contributed by atoms with Crippen LogP contribution in [0.25, 0.3) is 0 Å². The standard InChI is InChI=1S/C12H23NO2/c13-11-2-1-5-12(14,9-11)8-10-3-6-15-7-4-10/h10-11,14H,1-9,13H2. The van der Waals surface area contributed by atoms with Gasteiger partial charge in [0.2, 0.25) is 0 Å². The Kier molecular flexibility index (Phi) is 3.65. The molecule has 1 aliphatic carbocycles. The van der Waals surface area contributed by atoms with Crippen molar-refractivity contribution < 1.29 is 9.84 Å². The van der Waals surface area contributed by atoms with Crippen molar-refractivity contribution >= 4 is 0 Å². The van der Waals surface area contributed by atoms with Gasteiger partial charge in [-0.2, -0.15) is 0 Å². The van der Waals surface area contributed by atoms with Gasteiger partial charge in [0, 0.05) is 19.3 Å². The van der Waals surface area contributed by atoms with Gasteiger partial charge < -0.3 is 15.6 Å². The van der Waals surface area contributed by atoms with Crippen LogP contribution in [0.5, 0.6) is 0 Å². The molecule has 3 N–H and O–H groups in total. The highest BCUT2D eigenvalue weighted by molar-refractivity contribution is 4.90. The van der Waals surface area contributed by atoms with Crippen molar-refractivity contribution in [3.05, 3.63) is 0 Å². The van der Waals surface area contributed by atoms with Gasteiger partial charge in [0.05, 0.1) is 5.60 Å². The second-order valence-electron chi connectivity index (χ2n) is 5.34. The van der Waals surface area contributed by atoms with Crippen molar-refractivity contribution in [2.75, 3.05) is 13.2 Å². The van der Waals surface area contributed by atoms with Crippen LogP contribution in [0.1, 0.15) is 44.9 Å². The molecule has 0 radical (unpaired) electrons. The lowest BCUT2D eigenvalue weighted by molar-refractivity contribution is -0.0400. The highest BCUT2D eigenvalue weighted by atomic mass is 16.5. The first-order chi connectivity index (χ1) is 7.18. The van der Waals surface area contributed by atoms with E-state index in [4.69, 9.17) is 10.5 Å². The van der Waals surface area contributed by atoms with E-state index in [2.05, 4.69) is 0 Å². The van der Waals surface area contributed by atoms with Crippen LogP contribution in [0.2, 0.25) is 0 Å². The topological polar surface area (TPSA) is 55.5 Å². The maximum Gasteiger partial charge on any atom is 0.0665 e. The third kappa shape index (κ3) is 3.16. The smallest absolute Gasteiger partial charge is 0.0665 e. The van der Waals surface area contributed by atoms with Gasteiger partial charge in [-0.25, -0.2) is 0 Å². The fourth-order valence-electron chi connectivity index (χ4n) is 3.06. The van der Waals surface area contributed by atoms with Gasteiger partial charge in [0.1, 0.15) is 0 Å². The molecule has 0 spiro atoms. The molecule has 0 aromatic rings. The zero-order valence-corrected chi connectivity index (χ0v) is 9.45. The van der Waals surface area contributed by atoms with Crippen LogP contribution in [0, 0.1) is 5.92 Å². The summed E-state index contributed by atoms with van der Waals surface area (Å²) in [5.41, 5.74) is 5.46. The number of rotatable bonds is 2. The predicted octanol–water partition coefficient (Wildman–Crippen LogP) is 1.44. The van der Waals surface area contributed by atoms with Gasteiger partial charge in [0.15, 0.2) is 0 Å². The van der Waals surface area contributed by atoms with Crippen molar-refractivity contribution in [3.63, 3.8) is 0 Å². The van der Waals surface area contributed by atoms with E-state index in [0.717, 1.165) is 58.2 Å². The molecule has 2 rings (SSSR count). The molecule has 15 heavy (non-hydrogen) atoms. The van der Waals surface area contributed by atoms with Crippen molar-refractivity contribution in [3.8, 4) is 0 Å². The van der Waals surface area contributed by atoms with Crippen LogP contribution in [0.3, 0.4) is 0 Å². The Balaban J connectivity index is 1.85. The summed E-state index contributed by atoms with van der Waals surface area (Å²) < 4.78 is 5.34. The highest BCUT2D eigenvalue weighted by Crippen LogP contribution is 2.35. The summed E-state index contributed by atoms with van der Waals surface area (Å²) in [6, 6.07) is 0.212. The summed E-state index contributed by atoms with van der Waals surface area (Å²) in [5, 5.41) is 10.5. The summed E-state index contributed by atoms with van der Waals surface area (Å²) >= 11 is 0. The summed E-state index contributed by atoms with van der Waals surface area (Å²) in [4.78, 5) is 0. The normalized spacial score (nSPS) is 39.2. The molecule has 2 unspecified atom stereocenters. The van der Waals surface area contributed by atoms with Crippen LogP contribution in [0.15, 0.2) is 0 Å². The molecular weight excluding hydrogens is 190 g/mol. The number of hydrogen-bond acceptors (Lipinski definition) is 3. The first-order valence-corrected chi connectivity index (χ1v) is 6.24. The molecule has 0 amide bonds. The van der Waals surface area contributed by atoms with E-state index in [0.29, 0.717) is 5.92 Å². The second kappa shape index (κ2) is 4.81. The lowest BCUT2D eigenvalue weighted by atomic mass is 9.75. The highest BCUT2D eigenvalue weighted by Gasteiger charge is 2.35. The average molecular weight is 213 g/mol. The van der Waals surface area contributed by atoms with Crippen LogP contribution >= 0.6 is 0 Å². The molecule has 2 fully saturated rings. The Bertz CT molecular complexity index is 204. The average Bonchev–Trinajstić information content (AvgIpc) is 2.18. The fraction of sp³-hybridized carbons (Fsp3) is 1.00. The minimum absolute atomic E-state index is 0.212. The van der Waals surface area contributed by atoms with E-state index in [1.807, 2.05) is 0 Å². The summed E-state index contributed by atoms with van der Waals surface area (Å²) in [6.07, 6.45) is 7.05. The molecule has 3 heteroatoms. The third-order valence-electron chi connectivity index (χ3n) is 3.87. The predicted molar refractivity (Wildman–Crippen MR) is 59.6 cm³/mol. The van der Waals surface area contributed by atoms with Crippen LogP contribution < -0.4 is 5.73 Å². The fourth-order valence-corrected chi connectivity index (χ4v) is 3.06. The molecule has 1 heterocycles. The Labute approximate surface area is 92.0 Å². The van der Waals surface area contributed by atoms with Gasteiger partial charge in [-0.15, -0.1) is 0 Å². The zero-order chi connectivity index (χ0) is 10.7. The van der Waals surface area contributed by atoms with E-state index in [1.54, 1.807) is 0 Å². The maximum absolute atomic E-state index is 10.5. The van der Waals surface area contributed by atoms with Crippen LogP contribution in [-0.4, -0.2) is 30.0 Å². The van der Waals surface area contributed by atoms with E-state index < -0.39 is 5.60 Å². The van der Waals surface area contributed by atoms with Crippen molar-refractivity contribution in [1.29, 1.82) is 0 Å². The largest absolute Gasteiger partial charge is 0.390 e. The van der Waals surface area contributed by atoms with Gasteiger partial charge in [-0.1, -0.05) is 0 Å². The Hall–Kier alpha value is -0.120. The van der Waals surface area contributed by atoms with Gasteiger partial charge in [-0.3, -0.25) is 0 Å². The first kappa shape index (κ1) is 11.4. The summed E-state index contributed by atoms with van der Waals surface area (Å²) in [7, 11) is 0. The quantitative estimate of drug-likeness (QED) is 0.729. The monoisotopic (exact) mass is 213 g/mol. The van der Waals surface area contributed by atoms with E-state index in [-0.39, 0.29) is 6.04 Å². The molecule has 88 valence electrons. The lowest BCUT2D eigenvalue weighted by Crippen LogP contribution is -2.43. The maximum atomic E-state index is 10.5. The molecule has 0 aromatic heterocycles. The summed E-state index contributed by atoms with van der Waals surface area (Å²) in [5.74, 6) is 0.647. The molecule has 3 nitrogen and oxygen atoms in total. The molecule has 2 atom stereocenters. The van der Waals surface area contributed by atoms with Crippen molar-refractivity contribution in [1.82, 2.24) is 0 Å². The Morgan fingerprint density at radius 1 is 1.27 bits per heavy atom. The lowest BCUT2D eigenvalue weighted by Gasteiger charge is -2.38. The van der Waals surface area contributed by atoms with Crippen LogP contribution in [-0.2, 0) is 4.74 Å². The van der Waals surface area contributed by atoms with Crippen molar-refractivity contribution in [2.24, 2.45) is 11.7 Å². The number of hydrogen-bond donors (Lipinski definition) is 2. The number of aliphatic hydroxyl groups is 1. The SMILES string of the molecule is NC1CCCC(O)(CC2CCOCC2)C1. The van der Waals surface area contributed by atoms with E-state index in [1.165, 1.54) is 0 Å². The van der Waals surface area contributed by atoms with Gasteiger partial charge >= 0.3 is 0 Å². The minimum Gasteiger partial charge on any atom is -0.390 e. The first-order valence-electron chi connectivity index (χ1n) is 6.24. The summed E-state index contributed by atoms with van der Waals surface area (Å²) in [6.45, 7) is 1.74.